The third kappa shape index (κ3) is 3.99. The summed E-state index contributed by atoms with van der Waals surface area (Å²) in [5.74, 6) is 0.452. The highest BCUT2D eigenvalue weighted by Crippen LogP contribution is 2.39. The van der Waals surface area contributed by atoms with Crippen molar-refractivity contribution in [3.05, 3.63) is 17.5 Å². The van der Waals surface area contributed by atoms with Crippen LogP contribution < -0.4 is 4.90 Å². The minimum atomic E-state index is -3.16. The summed E-state index contributed by atoms with van der Waals surface area (Å²) in [7, 11) is -3.16. The lowest BCUT2D eigenvalue weighted by atomic mass is 9.80. The SMILES string of the molecule is CS(=O)(=O)CCC(=O)N1CCC2(COCc3cnc(N4CCOCC4)nc32)C1. The van der Waals surface area contributed by atoms with Gasteiger partial charge in [-0.1, -0.05) is 0 Å². The Morgan fingerprint density at radius 3 is 2.79 bits per heavy atom. The Bertz CT molecular complexity index is 856. The van der Waals surface area contributed by atoms with Crippen LogP contribution in [-0.2, 0) is 36.1 Å². The van der Waals surface area contributed by atoms with Crippen LogP contribution in [-0.4, -0.2) is 87.2 Å². The second-order valence-corrected chi connectivity index (χ2v) is 10.1. The molecule has 1 unspecified atom stereocenters. The van der Waals surface area contributed by atoms with Crippen molar-refractivity contribution in [2.45, 2.75) is 24.9 Å². The second-order valence-electron chi connectivity index (χ2n) is 7.86. The van der Waals surface area contributed by atoms with Gasteiger partial charge in [0.2, 0.25) is 11.9 Å². The van der Waals surface area contributed by atoms with Crippen LogP contribution in [0.1, 0.15) is 24.1 Å². The quantitative estimate of drug-likeness (QED) is 0.670. The highest BCUT2D eigenvalue weighted by Gasteiger charge is 2.46. The maximum Gasteiger partial charge on any atom is 0.225 e. The van der Waals surface area contributed by atoms with Crippen molar-refractivity contribution in [1.82, 2.24) is 14.9 Å². The van der Waals surface area contributed by atoms with E-state index in [1.165, 1.54) is 0 Å². The van der Waals surface area contributed by atoms with Gasteiger partial charge in [0.15, 0.2) is 0 Å². The highest BCUT2D eigenvalue weighted by atomic mass is 32.2. The Morgan fingerprint density at radius 1 is 1.25 bits per heavy atom. The number of ether oxygens (including phenoxy) is 2. The van der Waals surface area contributed by atoms with Crippen LogP contribution in [0, 0.1) is 0 Å². The van der Waals surface area contributed by atoms with Gasteiger partial charge >= 0.3 is 0 Å². The molecule has 1 aromatic heterocycles. The van der Waals surface area contributed by atoms with Crippen molar-refractivity contribution in [2.24, 2.45) is 0 Å². The Balaban J connectivity index is 1.54. The first-order valence-electron chi connectivity index (χ1n) is 9.59. The molecule has 3 aliphatic heterocycles. The van der Waals surface area contributed by atoms with E-state index in [0.29, 0.717) is 45.5 Å². The van der Waals surface area contributed by atoms with E-state index in [1.807, 2.05) is 6.20 Å². The van der Waals surface area contributed by atoms with Crippen molar-refractivity contribution < 1.29 is 22.7 Å². The summed E-state index contributed by atoms with van der Waals surface area (Å²) in [4.78, 5) is 25.8. The Morgan fingerprint density at radius 2 is 2.04 bits per heavy atom. The molecule has 2 saturated heterocycles. The number of hydrogen-bond acceptors (Lipinski definition) is 8. The largest absolute Gasteiger partial charge is 0.378 e. The van der Waals surface area contributed by atoms with E-state index < -0.39 is 9.84 Å². The first-order chi connectivity index (χ1) is 13.4. The number of carbonyl (C=O) groups is 1. The van der Waals surface area contributed by atoms with Gasteiger partial charge in [0.25, 0.3) is 0 Å². The number of morpholine rings is 1. The first-order valence-corrected chi connectivity index (χ1v) is 11.6. The van der Waals surface area contributed by atoms with Gasteiger partial charge in [0.05, 0.1) is 43.3 Å². The molecular weight excluding hydrogens is 384 g/mol. The fourth-order valence-corrected chi connectivity index (χ4v) is 4.68. The summed E-state index contributed by atoms with van der Waals surface area (Å²) >= 11 is 0. The smallest absolute Gasteiger partial charge is 0.225 e. The van der Waals surface area contributed by atoms with Crippen molar-refractivity contribution in [1.29, 1.82) is 0 Å². The fraction of sp³-hybridized carbons (Fsp3) is 0.722. The van der Waals surface area contributed by atoms with Gasteiger partial charge < -0.3 is 19.3 Å². The summed E-state index contributed by atoms with van der Waals surface area (Å²) in [5, 5.41) is 0. The molecule has 28 heavy (non-hydrogen) atoms. The van der Waals surface area contributed by atoms with Gasteiger partial charge in [-0.25, -0.2) is 18.4 Å². The number of anilines is 1. The zero-order valence-corrected chi connectivity index (χ0v) is 16.9. The number of aromatic nitrogens is 2. The van der Waals surface area contributed by atoms with Gasteiger partial charge in [-0.3, -0.25) is 4.79 Å². The van der Waals surface area contributed by atoms with E-state index in [1.54, 1.807) is 4.90 Å². The summed E-state index contributed by atoms with van der Waals surface area (Å²) < 4.78 is 34.0. The molecule has 0 N–H and O–H groups in total. The van der Waals surface area contributed by atoms with Gasteiger partial charge in [0, 0.05) is 50.6 Å². The molecule has 4 rings (SSSR count). The maximum atomic E-state index is 12.5. The first kappa shape index (κ1) is 19.5. The summed E-state index contributed by atoms with van der Waals surface area (Å²) in [5.41, 5.74) is 1.58. The van der Waals surface area contributed by atoms with Crippen LogP contribution in [0.3, 0.4) is 0 Å². The maximum absolute atomic E-state index is 12.5. The topological polar surface area (TPSA) is 102 Å². The van der Waals surface area contributed by atoms with Crippen LogP contribution in [0.2, 0.25) is 0 Å². The number of carbonyl (C=O) groups excluding carboxylic acids is 1. The number of likely N-dealkylation sites (tertiary alicyclic amines) is 1. The van der Waals surface area contributed by atoms with Crippen LogP contribution in [0.25, 0.3) is 0 Å². The molecule has 1 spiro atoms. The Hall–Kier alpha value is -1.78. The molecule has 10 heteroatoms. The summed E-state index contributed by atoms with van der Waals surface area (Å²) in [6, 6.07) is 0. The highest BCUT2D eigenvalue weighted by molar-refractivity contribution is 7.90. The monoisotopic (exact) mass is 410 g/mol. The minimum Gasteiger partial charge on any atom is -0.378 e. The molecule has 0 bridgehead atoms. The van der Waals surface area contributed by atoms with Gasteiger partial charge in [0.1, 0.15) is 9.84 Å². The third-order valence-corrected chi connectivity index (χ3v) is 6.62. The molecule has 1 aromatic rings. The van der Waals surface area contributed by atoms with E-state index in [2.05, 4.69) is 9.88 Å². The molecule has 9 nitrogen and oxygen atoms in total. The van der Waals surface area contributed by atoms with E-state index >= 15 is 0 Å². The minimum absolute atomic E-state index is 0.0193. The lowest BCUT2D eigenvalue weighted by molar-refractivity contribution is -0.130. The molecule has 0 aliphatic carbocycles. The zero-order chi connectivity index (χ0) is 19.8. The number of hydrogen-bond donors (Lipinski definition) is 0. The molecule has 0 radical (unpaired) electrons. The van der Waals surface area contributed by atoms with Crippen LogP contribution in [0.15, 0.2) is 6.20 Å². The molecule has 4 heterocycles. The number of nitrogens with zero attached hydrogens (tertiary/aromatic N) is 4. The second kappa shape index (κ2) is 7.57. The number of rotatable bonds is 4. The van der Waals surface area contributed by atoms with E-state index in [4.69, 9.17) is 14.5 Å². The van der Waals surface area contributed by atoms with Gasteiger partial charge in [-0.05, 0) is 6.42 Å². The summed E-state index contributed by atoms with van der Waals surface area (Å²) in [6.07, 6.45) is 3.76. The number of fused-ring (bicyclic) bond motifs is 2. The van der Waals surface area contributed by atoms with Crippen LogP contribution >= 0.6 is 0 Å². The van der Waals surface area contributed by atoms with E-state index in [-0.39, 0.29) is 23.5 Å². The molecule has 1 atom stereocenters. The molecule has 2 fully saturated rings. The van der Waals surface area contributed by atoms with Gasteiger partial charge in [-0.2, -0.15) is 0 Å². The van der Waals surface area contributed by atoms with Crippen molar-refractivity contribution in [3.63, 3.8) is 0 Å². The number of amides is 1. The molecule has 3 aliphatic rings. The molecule has 1 amide bonds. The Labute approximate surface area is 164 Å². The molecule has 154 valence electrons. The molecular formula is C18H26N4O5S. The van der Waals surface area contributed by atoms with Crippen LogP contribution in [0.4, 0.5) is 5.95 Å². The standard InChI is InChI=1S/C18H26N4O5S/c1-28(24,25)9-2-15(23)22-4-3-18(12-22)13-27-11-14-10-19-17(20-16(14)18)21-5-7-26-8-6-21/h10H,2-9,11-13H2,1H3. The van der Waals surface area contributed by atoms with Crippen molar-refractivity contribution >= 4 is 21.7 Å². The fourth-order valence-electron chi connectivity index (χ4n) is 4.13. The van der Waals surface area contributed by atoms with Crippen molar-refractivity contribution in [3.8, 4) is 0 Å². The average Bonchev–Trinajstić information content (AvgIpc) is 3.11. The zero-order valence-electron chi connectivity index (χ0n) is 16.1. The number of sulfone groups is 1. The Kier molecular flexibility index (Phi) is 5.28. The van der Waals surface area contributed by atoms with Gasteiger partial charge in [-0.15, -0.1) is 0 Å². The van der Waals surface area contributed by atoms with E-state index in [0.717, 1.165) is 37.0 Å². The lowest BCUT2D eigenvalue weighted by Gasteiger charge is -2.35. The predicted octanol–water partition coefficient (Wildman–Crippen LogP) is -0.252. The third-order valence-electron chi connectivity index (χ3n) is 5.68. The van der Waals surface area contributed by atoms with Crippen molar-refractivity contribution in [2.75, 3.05) is 62.9 Å². The predicted molar refractivity (Wildman–Crippen MR) is 102 cm³/mol. The summed E-state index contributed by atoms with van der Waals surface area (Å²) in [6.45, 7) is 4.92. The lowest BCUT2D eigenvalue weighted by Crippen LogP contribution is -2.43. The molecule has 0 saturated carbocycles. The average molecular weight is 410 g/mol. The van der Waals surface area contributed by atoms with Crippen LogP contribution in [0.5, 0.6) is 0 Å². The molecule has 0 aromatic carbocycles. The van der Waals surface area contributed by atoms with E-state index in [9.17, 15) is 13.2 Å². The normalized spacial score (nSPS) is 25.2.